The van der Waals surface area contributed by atoms with Crippen LogP contribution in [0.2, 0.25) is 0 Å². The highest BCUT2D eigenvalue weighted by atomic mass is 19.1. The first kappa shape index (κ1) is 14.7. The molecule has 3 aromatic rings. The molecule has 0 saturated carbocycles. The number of fused-ring (bicyclic) bond motifs is 2. The van der Waals surface area contributed by atoms with Gasteiger partial charge in [-0.3, -0.25) is 0 Å². The van der Waals surface area contributed by atoms with Crippen LogP contribution in [0, 0.1) is 18.6 Å². The minimum atomic E-state index is -0.660. The molecule has 1 aromatic heterocycles. The average molecular weight is 329 g/mol. The van der Waals surface area contributed by atoms with Crippen LogP contribution in [-0.2, 0) is 0 Å². The van der Waals surface area contributed by atoms with Crippen molar-refractivity contribution in [2.75, 3.05) is 13.9 Å². The lowest BCUT2D eigenvalue weighted by Gasteiger charge is -2.10. The van der Waals surface area contributed by atoms with Crippen LogP contribution < -0.4 is 14.2 Å². The lowest BCUT2D eigenvalue weighted by Crippen LogP contribution is -1.94. The molecule has 4 rings (SSSR count). The SMILES string of the molecule is COc1cc(-c2cc(C)c3c(F)cc(F)cc3n2)cc2c1OCO2. The molecule has 4 nitrogen and oxygen atoms in total. The zero-order valence-electron chi connectivity index (χ0n) is 13.0. The summed E-state index contributed by atoms with van der Waals surface area (Å²) in [6.07, 6.45) is 0. The summed E-state index contributed by atoms with van der Waals surface area (Å²) >= 11 is 0. The van der Waals surface area contributed by atoms with E-state index in [1.165, 1.54) is 13.2 Å². The minimum absolute atomic E-state index is 0.121. The maximum Gasteiger partial charge on any atom is 0.231 e. The number of hydrogen-bond acceptors (Lipinski definition) is 4. The number of hydrogen-bond donors (Lipinski definition) is 0. The summed E-state index contributed by atoms with van der Waals surface area (Å²) in [5.41, 5.74) is 2.22. The van der Waals surface area contributed by atoms with Crippen molar-refractivity contribution in [3.8, 4) is 28.5 Å². The molecule has 1 aliphatic rings. The lowest BCUT2D eigenvalue weighted by molar-refractivity contribution is 0.171. The fourth-order valence-electron chi connectivity index (χ4n) is 2.90. The van der Waals surface area contributed by atoms with Crippen molar-refractivity contribution in [1.82, 2.24) is 4.98 Å². The van der Waals surface area contributed by atoms with E-state index in [0.29, 0.717) is 39.5 Å². The van der Waals surface area contributed by atoms with Crippen LogP contribution in [0.25, 0.3) is 22.2 Å². The fourth-order valence-corrected chi connectivity index (χ4v) is 2.90. The molecular formula is C18H13F2NO3. The van der Waals surface area contributed by atoms with Gasteiger partial charge in [0.2, 0.25) is 12.5 Å². The van der Waals surface area contributed by atoms with E-state index in [1.807, 2.05) is 0 Å². The number of ether oxygens (including phenoxy) is 3. The Morgan fingerprint density at radius 2 is 1.92 bits per heavy atom. The molecule has 2 aromatic carbocycles. The maximum atomic E-state index is 14.0. The summed E-state index contributed by atoms with van der Waals surface area (Å²) in [5, 5.41) is 0.313. The topological polar surface area (TPSA) is 40.6 Å². The Bertz CT molecular complexity index is 972. The van der Waals surface area contributed by atoms with Gasteiger partial charge in [-0.25, -0.2) is 13.8 Å². The quantitative estimate of drug-likeness (QED) is 0.706. The minimum Gasteiger partial charge on any atom is -0.493 e. The molecule has 24 heavy (non-hydrogen) atoms. The molecule has 0 N–H and O–H groups in total. The normalized spacial score (nSPS) is 12.7. The van der Waals surface area contributed by atoms with Crippen molar-refractivity contribution in [1.29, 1.82) is 0 Å². The first-order valence-electron chi connectivity index (χ1n) is 7.31. The summed E-state index contributed by atoms with van der Waals surface area (Å²) in [6.45, 7) is 1.88. The van der Waals surface area contributed by atoms with Gasteiger partial charge in [-0.15, -0.1) is 0 Å². The third-order valence-electron chi connectivity index (χ3n) is 3.98. The second-order valence-corrected chi connectivity index (χ2v) is 5.52. The molecule has 2 heterocycles. The van der Waals surface area contributed by atoms with Gasteiger partial charge >= 0.3 is 0 Å². The molecule has 0 saturated heterocycles. The third-order valence-corrected chi connectivity index (χ3v) is 3.98. The largest absolute Gasteiger partial charge is 0.493 e. The number of aryl methyl sites for hydroxylation is 1. The van der Waals surface area contributed by atoms with Crippen molar-refractivity contribution in [3.63, 3.8) is 0 Å². The highest BCUT2D eigenvalue weighted by Crippen LogP contribution is 2.44. The molecule has 0 atom stereocenters. The van der Waals surface area contributed by atoms with E-state index in [1.54, 1.807) is 25.1 Å². The number of benzene rings is 2. The summed E-state index contributed by atoms with van der Waals surface area (Å²) in [6, 6.07) is 7.37. The van der Waals surface area contributed by atoms with E-state index < -0.39 is 11.6 Å². The van der Waals surface area contributed by atoms with Gasteiger partial charge in [0.25, 0.3) is 0 Å². The van der Waals surface area contributed by atoms with Crippen LogP contribution in [0.4, 0.5) is 8.78 Å². The zero-order valence-corrected chi connectivity index (χ0v) is 13.0. The van der Waals surface area contributed by atoms with E-state index in [9.17, 15) is 8.78 Å². The molecule has 122 valence electrons. The van der Waals surface area contributed by atoms with Crippen molar-refractivity contribution >= 4 is 10.9 Å². The van der Waals surface area contributed by atoms with Crippen LogP contribution in [0.15, 0.2) is 30.3 Å². The summed E-state index contributed by atoms with van der Waals surface area (Å²) in [4.78, 5) is 4.40. The Hall–Kier alpha value is -2.89. The van der Waals surface area contributed by atoms with Gasteiger partial charge in [0.15, 0.2) is 11.5 Å². The highest BCUT2D eigenvalue weighted by molar-refractivity contribution is 5.86. The molecule has 6 heteroatoms. The molecule has 0 fully saturated rings. The van der Waals surface area contributed by atoms with Crippen LogP contribution in [0.3, 0.4) is 0 Å². The fraction of sp³-hybridized carbons (Fsp3) is 0.167. The summed E-state index contributed by atoms with van der Waals surface area (Å²) in [7, 11) is 1.53. The van der Waals surface area contributed by atoms with E-state index in [2.05, 4.69) is 4.98 Å². The Labute approximate surface area is 136 Å². The highest BCUT2D eigenvalue weighted by Gasteiger charge is 2.21. The van der Waals surface area contributed by atoms with Gasteiger partial charge in [-0.05, 0) is 30.7 Å². The molecular weight excluding hydrogens is 316 g/mol. The van der Waals surface area contributed by atoms with E-state index in [4.69, 9.17) is 14.2 Å². The average Bonchev–Trinajstić information content (AvgIpc) is 3.01. The van der Waals surface area contributed by atoms with Gasteiger partial charge < -0.3 is 14.2 Å². The Morgan fingerprint density at radius 3 is 2.71 bits per heavy atom. The molecule has 0 amide bonds. The van der Waals surface area contributed by atoms with Crippen LogP contribution >= 0.6 is 0 Å². The predicted octanol–water partition coefficient (Wildman–Crippen LogP) is 4.23. The van der Waals surface area contributed by atoms with Gasteiger partial charge in [-0.2, -0.15) is 0 Å². The number of pyridine rings is 1. The molecule has 0 unspecified atom stereocenters. The van der Waals surface area contributed by atoms with E-state index in [-0.39, 0.29) is 12.3 Å². The monoisotopic (exact) mass is 329 g/mol. The number of rotatable bonds is 2. The van der Waals surface area contributed by atoms with Crippen LogP contribution in [0.1, 0.15) is 5.56 Å². The van der Waals surface area contributed by atoms with E-state index in [0.717, 1.165) is 6.07 Å². The van der Waals surface area contributed by atoms with Crippen molar-refractivity contribution in [2.45, 2.75) is 6.92 Å². The number of halogens is 2. The number of nitrogens with zero attached hydrogens (tertiary/aromatic N) is 1. The molecule has 1 aliphatic heterocycles. The van der Waals surface area contributed by atoms with Gasteiger partial charge in [0.1, 0.15) is 11.6 Å². The second kappa shape index (κ2) is 5.33. The molecule has 0 radical (unpaired) electrons. The van der Waals surface area contributed by atoms with Crippen molar-refractivity contribution < 1.29 is 23.0 Å². The number of methoxy groups -OCH3 is 1. The van der Waals surface area contributed by atoms with Gasteiger partial charge in [-0.1, -0.05) is 0 Å². The standard InChI is InChI=1S/C18H13F2NO3/c1-9-3-13(21-14-7-11(19)6-12(20)17(9)14)10-4-15(22-2)18-16(5-10)23-8-24-18/h3-7H,8H2,1-2H3. The van der Waals surface area contributed by atoms with Crippen molar-refractivity contribution in [2.24, 2.45) is 0 Å². The molecule has 0 bridgehead atoms. The maximum absolute atomic E-state index is 14.0. The lowest BCUT2D eigenvalue weighted by atomic mass is 10.0. The second-order valence-electron chi connectivity index (χ2n) is 5.52. The number of aromatic nitrogens is 1. The van der Waals surface area contributed by atoms with E-state index >= 15 is 0 Å². The molecule has 0 aliphatic carbocycles. The van der Waals surface area contributed by atoms with Crippen LogP contribution in [0.5, 0.6) is 17.2 Å². The Morgan fingerprint density at radius 1 is 1.08 bits per heavy atom. The van der Waals surface area contributed by atoms with Gasteiger partial charge in [0.05, 0.1) is 18.3 Å². The Kier molecular flexibility index (Phi) is 3.26. The van der Waals surface area contributed by atoms with Crippen LogP contribution in [-0.4, -0.2) is 18.9 Å². The summed E-state index contributed by atoms with van der Waals surface area (Å²) < 4.78 is 43.6. The Balaban J connectivity index is 1.94. The smallest absolute Gasteiger partial charge is 0.231 e. The van der Waals surface area contributed by atoms with Crippen molar-refractivity contribution in [3.05, 3.63) is 47.5 Å². The predicted molar refractivity (Wildman–Crippen MR) is 84.5 cm³/mol. The first-order valence-corrected chi connectivity index (χ1v) is 7.31. The molecule has 0 spiro atoms. The first-order chi connectivity index (χ1) is 11.6. The zero-order chi connectivity index (χ0) is 16.8. The third kappa shape index (κ3) is 2.22. The summed E-state index contributed by atoms with van der Waals surface area (Å²) in [5.74, 6) is 0.326. The van der Waals surface area contributed by atoms with Gasteiger partial charge in [0, 0.05) is 23.1 Å².